The van der Waals surface area contributed by atoms with Crippen LogP contribution in [0.3, 0.4) is 0 Å². The van der Waals surface area contributed by atoms with Crippen molar-refractivity contribution in [1.29, 1.82) is 0 Å². The molecule has 1 aliphatic carbocycles. The van der Waals surface area contributed by atoms with Crippen molar-refractivity contribution in [3.8, 4) is 11.4 Å². The highest BCUT2D eigenvalue weighted by Crippen LogP contribution is 2.36. The molecule has 3 rings (SSSR count). The normalized spacial score (nSPS) is 15.4. The molecule has 12 nitrogen and oxygen atoms in total. The van der Waals surface area contributed by atoms with E-state index in [1.54, 1.807) is 6.92 Å². The van der Waals surface area contributed by atoms with Crippen molar-refractivity contribution in [3.63, 3.8) is 0 Å². The van der Waals surface area contributed by atoms with Crippen molar-refractivity contribution in [2.45, 2.75) is 53.0 Å². The molecule has 12 heteroatoms. The average Bonchev–Trinajstić information content (AvgIpc) is 2.95. The minimum absolute atomic E-state index is 0.0926. The van der Waals surface area contributed by atoms with Gasteiger partial charge in [-0.1, -0.05) is 38.1 Å². The number of carbonyl (C=O) groups excluding carboxylic acids is 1. The van der Waals surface area contributed by atoms with Crippen LogP contribution >= 0.6 is 0 Å². The predicted molar refractivity (Wildman–Crippen MR) is 158 cm³/mol. The number of benzene rings is 1. The quantitative estimate of drug-likeness (QED) is 0.184. The van der Waals surface area contributed by atoms with E-state index in [9.17, 15) is 9.90 Å². The number of nitrogens with two attached hydrogens (primary N) is 1. The molecule has 1 aliphatic rings. The van der Waals surface area contributed by atoms with Crippen LogP contribution in [0, 0.1) is 12.3 Å². The van der Waals surface area contributed by atoms with Crippen LogP contribution in [0.1, 0.15) is 50.9 Å². The Labute approximate surface area is 247 Å². The number of hydrogen-bond acceptors (Lipinski definition) is 12. The van der Waals surface area contributed by atoms with Gasteiger partial charge in [-0.3, -0.25) is 9.79 Å². The fourth-order valence-corrected chi connectivity index (χ4v) is 4.36. The molecule has 0 bridgehead atoms. The van der Waals surface area contributed by atoms with Gasteiger partial charge in [0.05, 0.1) is 64.1 Å². The third-order valence-corrected chi connectivity index (χ3v) is 6.48. The van der Waals surface area contributed by atoms with E-state index in [-0.39, 0.29) is 17.0 Å². The van der Waals surface area contributed by atoms with Crippen molar-refractivity contribution >= 4 is 11.5 Å². The van der Waals surface area contributed by atoms with Gasteiger partial charge in [-0.2, -0.15) is 0 Å². The third-order valence-electron chi connectivity index (χ3n) is 6.48. The van der Waals surface area contributed by atoms with Crippen molar-refractivity contribution in [1.82, 2.24) is 20.4 Å². The van der Waals surface area contributed by atoms with Crippen LogP contribution in [0.4, 0.5) is 0 Å². The second-order valence-corrected chi connectivity index (χ2v) is 10.8. The van der Waals surface area contributed by atoms with Crippen molar-refractivity contribution in [2.75, 3.05) is 59.4 Å². The molecule has 0 unspecified atom stereocenters. The lowest BCUT2D eigenvalue weighted by Crippen LogP contribution is -2.29. The number of rotatable bonds is 19. The zero-order chi connectivity index (χ0) is 30.2. The van der Waals surface area contributed by atoms with Crippen LogP contribution in [-0.2, 0) is 30.3 Å². The van der Waals surface area contributed by atoms with Gasteiger partial charge in [-0.15, -0.1) is 20.4 Å². The van der Waals surface area contributed by atoms with Gasteiger partial charge in [0.2, 0.25) is 5.82 Å². The molecule has 0 spiro atoms. The molecule has 0 amide bonds. The number of aliphatic hydroxyl groups excluding tert-OH is 1. The summed E-state index contributed by atoms with van der Waals surface area (Å²) < 4.78 is 22.1. The summed E-state index contributed by atoms with van der Waals surface area (Å²) in [5.41, 5.74) is 7.73. The Morgan fingerprint density at radius 2 is 1.45 bits per heavy atom. The molecule has 2 aromatic rings. The van der Waals surface area contributed by atoms with Gasteiger partial charge < -0.3 is 29.8 Å². The maximum Gasteiger partial charge on any atom is 0.203 e. The second kappa shape index (κ2) is 17.7. The van der Waals surface area contributed by atoms with Gasteiger partial charge in [-0.05, 0) is 30.9 Å². The molecule has 0 saturated carbocycles. The third kappa shape index (κ3) is 11.6. The average molecular weight is 585 g/mol. The number of allylic oxidation sites excluding steroid dienone is 2. The molecule has 42 heavy (non-hydrogen) atoms. The number of Topliss-reactive ketones (excluding diaryl/α,β-unsaturated/α-hetero) is 1. The number of carbonyl (C=O) groups is 1. The Balaban J connectivity index is 1.49. The number of ether oxygens (including phenoxy) is 4. The SMILES string of the molecule is Cc1nnc(-c2ccc(CN=C(CCOCCOCCOCCOCCCN)C3=C(O)CC(C)(C)CC3=O)cc2)nn1. The maximum absolute atomic E-state index is 13.0. The first kappa shape index (κ1) is 33.3. The number of aliphatic imine (C=N–C) groups is 1. The number of aliphatic hydroxyl groups is 1. The molecule has 1 heterocycles. The summed E-state index contributed by atoms with van der Waals surface area (Å²) in [6.07, 6.45) is 2.02. The lowest BCUT2D eigenvalue weighted by atomic mass is 9.75. The minimum Gasteiger partial charge on any atom is -0.511 e. The molecule has 1 aromatic carbocycles. The summed E-state index contributed by atoms with van der Waals surface area (Å²) in [4.78, 5) is 17.8. The molecular formula is C30H44N6O6. The molecule has 0 aliphatic heterocycles. The van der Waals surface area contributed by atoms with Crippen LogP contribution in [-0.4, -0.2) is 96.4 Å². The van der Waals surface area contributed by atoms with Crippen LogP contribution < -0.4 is 5.73 Å². The molecule has 1 aromatic heterocycles. The minimum atomic E-state index is -0.289. The fourth-order valence-electron chi connectivity index (χ4n) is 4.36. The van der Waals surface area contributed by atoms with Crippen LogP contribution in [0.2, 0.25) is 0 Å². The molecule has 230 valence electrons. The van der Waals surface area contributed by atoms with E-state index in [1.165, 1.54) is 0 Å². The topological polar surface area (TPSA) is 164 Å². The molecule has 0 fully saturated rings. The number of hydrogen-bond donors (Lipinski definition) is 2. The summed E-state index contributed by atoms with van der Waals surface area (Å²) in [5.74, 6) is 0.949. The summed E-state index contributed by atoms with van der Waals surface area (Å²) in [6, 6.07) is 7.61. The Hall–Kier alpha value is -3.16. The summed E-state index contributed by atoms with van der Waals surface area (Å²) in [5, 5.41) is 26.9. The fraction of sp³-hybridized carbons (Fsp3) is 0.600. The summed E-state index contributed by atoms with van der Waals surface area (Å²) in [6.45, 7) is 10.5. The Kier molecular flexibility index (Phi) is 14.1. The lowest BCUT2D eigenvalue weighted by Gasteiger charge is -2.30. The van der Waals surface area contributed by atoms with E-state index in [0.717, 1.165) is 17.5 Å². The molecular weight excluding hydrogens is 540 g/mol. The molecule has 3 N–H and O–H groups in total. The highest BCUT2D eigenvalue weighted by Gasteiger charge is 2.34. The highest BCUT2D eigenvalue weighted by atomic mass is 16.6. The van der Waals surface area contributed by atoms with E-state index in [2.05, 4.69) is 20.4 Å². The van der Waals surface area contributed by atoms with Crippen molar-refractivity contribution in [2.24, 2.45) is 16.1 Å². The van der Waals surface area contributed by atoms with Gasteiger partial charge in [0.25, 0.3) is 0 Å². The Bertz CT molecular complexity index is 1170. The molecule has 0 saturated heterocycles. The first-order valence-corrected chi connectivity index (χ1v) is 14.4. The first-order valence-electron chi connectivity index (χ1n) is 14.4. The number of nitrogens with zero attached hydrogens (tertiary/aromatic N) is 5. The zero-order valence-corrected chi connectivity index (χ0v) is 25.0. The van der Waals surface area contributed by atoms with E-state index >= 15 is 0 Å². The zero-order valence-electron chi connectivity index (χ0n) is 25.0. The van der Waals surface area contributed by atoms with Gasteiger partial charge in [-0.25, -0.2) is 0 Å². The highest BCUT2D eigenvalue weighted by molar-refractivity contribution is 6.23. The monoisotopic (exact) mass is 584 g/mol. The standard InChI is InChI=1S/C30H44N6O6/c1-22-33-35-29(36-34-22)24-7-5-23(6-8-24)21-32-25(28-26(37)19-30(2,3)20-27(28)38)9-12-40-14-16-42-18-17-41-15-13-39-11-4-10-31/h5-8,37H,4,9-21,31H2,1-3H3. The second-order valence-electron chi connectivity index (χ2n) is 10.8. The Morgan fingerprint density at radius 1 is 0.881 bits per heavy atom. The number of aryl methyl sites for hydroxylation is 1. The maximum atomic E-state index is 13.0. The number of aromatic nitrogens is 4. The largest absolute Gasteiger partial charge is 0.511 e. The first-order chi connectivity index (χ1) is 20.3. The van der Waals surface area contributed by atoms with Gasteiger partial charge in [0, 0.05) is 31.4 Å². The smallest absolute Gasteiger partial charge is 0.203 e. The van der Waals surface area contributed by atoms with Gasteiger partial charge in [0.1, 0.15) is 5.76 Å². The molecule has 0 atom stereocenters. The van der Waals surface area contributed by atoms with E-state index < -0.39 is 0 Å². The number of ketones is 1. The summed E-state index contributed by atoms with van der Waals surface area (Å²) >= 11 is 0. The van der Waals surface area contributed by atoms with Crippen LogP contribution in [0.15, 0.2) is 40.6 Å². The van der Waals surface area contributed by atoms with Gasteiger partial charge >= 0.3 is 0 Å². The van der Waals surface area contributed by atoms with Crippen LogP contribution in [0.5, 0.6) is 0 Å². The van der Waals surface area contributed by atoms with Crippen LogP contribution in [0.25, 0.3) is 11.4 Å². The Morgan fingerprint density at radius 3 is 2.02 bits per heavy atom. The lowest BCUT2D eigenvalue weighted by molar-refractivity contribution is -0.118. The van der Waals surface area contributed by atoms with Crippen molar-refractivity contribution in [3.05, 3.63) is 47.0 Å². The molecule has 0 radical (unpaired) electrons. The van der Waals surface area contributed by atoms with E-state index in [1.807, 2.05) is 38.1 Å². The summed E-state index contributed by atoms with van der Waals surface area (Å²) in [7, 11) is 0. The van der Waals surface area contributed by atoms with Gasteiger partial charge in [0.15, 0.2) is 11.6 Å². The predicted octanol–water partition coefficient (Wildman–Crippen LogP) is 3.19. The van der Waals surface area contributed by atoms with Crippen molar-refractivity contribution < 1.29 is 28.8 Å². The van der Waals surface area contributed by atoms with E-state index in [4.69, 9.17) is 29.7 Å². The van der Waals surface area contributed by atoms with E-state index in [0.29, 0.717) is 108 Å².